The summed E-state index contributed by atoms with van der Waals surface area (Å²) in [5, 5.41) is 3.05. The zero-order valence-corrected chi connectivity index (χ0v) is 15.8. The van der Waals surface area contributed by atoms with Crippen LogP contribution in [0, 0.1) is 5.92 Å². The summed E-state index contributed by atoms with van der Waals surface area (Å²) in [6.45, 7) is 7.29. The number of piperidine rings is 1. The predicted octanol–water partition coefficient (Wildman–Crippen LogP) is 1.99. The van der Waals surface area contributed by atoms with Crippen molar-refractivity contribution < 1.29 is 14.3 Å². The van der Waals surface area contributed by atoms with Crippen LogP contribution in [0.3, 0.4) is 0 Å². The third kappa shape index (κ3) is 5.35. The Balaban J connectivity index is 1.35. The number of morpholine rings is 1. The number of urea groups is 1. The Morgan fingerprint density at radius 3 is 2.65 bits per heavy atom. The molecule has 6 nitrogen and oxygen atoms in total. The molecule has 6 heteroatoms. The minimum atomic E-state index is 0.0599. The van der Waals surface area contributed by atoms with Gasteiger partial charge in [-0.05, 0) is 36.8 Å². The van der Waals surface area contributed by atoms with Gasteiger partial charge in [-0.2, -0.15) is 0 Å². The van der Waals surface area contributed by atoms with Crippen LogP contribution in [0.15, 0.2) is 24.3 Å². The molecular weight excluding hydrogens is 330 g/mol. The van der Waals surface area contributed by atoms with Crippen molar-refractivity contribution in [3.63, 3.8) is 0 Å². The van der Waals surface area contributed by atoms with E-state index in [1.54, 1.807) is 7.11 Å². The number of nitrogens with one attached hydrogen (secondary N) is 1. The Labute approximate surface area is 156 Å². The van der Waals surface area contributed by atoms with E-state index < -0.39 is 0 Å². The molecule has 2 amide bonds. The van der Waals surface area contributed by atoms with Crippen molar-refractivity contribution >= 4 is 6.03 Å². The Kier molecular flexibility index (Phi) is 7.14. The summed E-state index contributed by atoms with van der Waals surface area (Å²) in [5.41, 5.74) is 1.12. The molecule has 0 bridgehead atoms. The lowest BCUT2D eigenvalue weighted by atomic mass is 9.96. The molecule has 0 radical (unpaired) electrons. The molecule has 144 valence electrons. The van der Waals surface area contributed by atoms with Crippen LogP contribution < -0.4 is 10.1 Å². The monoisotopic (exact) mass is 361 g/mol. The largest absolute Gasteiger partial charge is 0.496 e. The van der Waals surface area contributed by atoms with Crippen LogP contribution in [0.4, 0.5) is 4.79 Å². The number of methoxy groups -OCH3 is 1. The summed E-state index contributed by atoms with van der Waals surface area (Å²) in [6.07, 6.45) is 2.97. The second-order valence-electron chi connectivity index (χ2n) is 7.14. The van der Waals surface area contributed by atoms with E-state index in [9.17, 15) is 4.79 Å². The topological polar surface area (TPSA) is 54.0 Å². The summed E-state index contributed by atoms with van der Waals surface area (Å²) in [5.74, 6) is 1.58. The minimum Gasteiger partial charge on any atom is -0.496 e. The first-order valence-corrected chi connectivity index (χ1v) is 9.71. The van der Waals surface area contributed by atoms with Crippen molar-refractivity contribution in [3.8, 4) is 5.75 Å². The number of ether oxygens (including phenoxy) is 2. The number of hydrogen-bond acceptors (Lipinski definition) is 4. The van der Waals surface area contributed by atoms with Gasteiger partial charge in [-0.3, -0.25) is 4.90 Å². The van der Waals surface area contributed by atoms with Gasteiger partial charge in [0.15, 0.2) is 0 Å². The lowest BCUT2D eigenvalue weighted by molar-refractivity contribution is 0.0258. The van der Waals surface area contributed by atoms with Crippen molar-refractivity contribution in [1.82, 2.24) is 15.1 Å². The Hall–Kier alpha value is -1.79. The van der Waals surface area contributed by atoms with Crippen molar-refractivity contribution in [1.29, 1.82) is 0 Å². The summed E-state index contributed by atoms with van der Waals surface area (Å²) in [4.78, 5) is 16.8. The fourth-order valence-corrected chi connectivity index (χ4v) is 3.79. The molecule has 0 aliphatic carbocycles. The van der Waals surface area contributed by atoms with E-state index in [4.69, 9.17) is 9.47 Å². The van der Waals surface area contributed by atoms with E-state index in [2.05, 4.69) is 10.2 Å². The van der Waals surface area contributed by atoms with Gasteiger partial charge in [-0.25, -0.2) is 4.79 Å². The van der Waals surface area contributed by atoms with Gasteiger partial charge in [0.25, 0.3) is 0 Å². The fourth-order valence-electron chi connectivity index (χ4n) is 3.79. The molecule has 3 rings (SSSR count). The molecule has 1 aromatic carbocycles. The lowest BCUT2D eigenvalue weighted by Gasteiger charge is -2.36. The van der Waals surface area contributed by atoms with Crippen LogP contribution in [-0.2, 0) is 11.2 Å². The van der Waals surface area contributed by atoms with Gasteiger partial charge in [-0.15, -0.1) is 0 Å². The molecule has 0 atom stereocenters. The zero-order chi connectivity index (χ0) is 18.2. The second-order valence-corrected chi connectivity index (χ2v) is 7.14. The number of carbonyl (C=O) groups excluding carboxylic acids is 1. The van der Waals surface area contributed by atoms with Crippen LogP contribution in [0.1, 0.15) is 18.4 Å². The lowest BCUT2D eigenvalue weighted by Crippen LogP contribution is -2.47. The second kappa shape index (κ2) is 9.78. The van der Waals surface area contributed by atoms with Gasteiger partial charge >= 0.3 is 6.03 Å². The van der Waals surface area contributed by atoms with Gasteiger partial charge in [0.05, 0.1) is 20.3 Å². The highest BCUT2D eigenvalue weighted by atomic mass is 16.5. The Morgan fingerprint density at radius 1 is 1.19 bits per heavy atom. The molecule has 1 N–H and O–H groups in total. The summed E-state index contributed by atoms with van der Waals surface area (Å²) in [6, 6.07) is 8.02. The van der Waals surface area contributed by atoms with E-state index in [-0.39, 0.29) is 6.03 Å². The molecule has 2 heterocycles. The number of benzene rings is 1. The number of hydrogen-bond donors (Lipinski definition) is 1. The highest BCUT2D eigenvalue weighted by molar-refractivity contribution is 5.74. The van der Waals surface area contributed by atoms with Crippen LogP contribution in [-0.4, -0.2) is 75.4 Å². The average molecular weight is 361 g/mol. The molecular formula is C20H31N3O3. The molecule has 26 heavy (non-hydrogen) atoms. The van der Waals surface area contributed by atoms with E-state index in [1.165, 1.54) is 0 Å². The predicted molar refractivity (Wildman–Crippen MR) is 102 cm³/mol. The SMILES string of the molecule is COc1ccccc1CCNC(=O)N1CCC(CN2CCOCC2)CC1. The first-order valence-electron chi connectivity index (χ1n) is 9.71. The van der Waals surface area contributed by atoms with Crippen LogP contribution in [0.2, 0.25) is 0 Å². The smallest absolute Gasteiger partial charge is 0.317 e. The van der Waals surface area contributed by atoms with Gasteiger partial charge in [-0.1, -0.05) is 18.2 Å². The van der Waals surface area contributed by atoms with Crippen LogP contribution >= 0.6 is 0 Å². The highest BCUT2D eigenvalue weighted by Crippen LogP contribution is 2.20. The Bertz CT molecular complexity index is 567. The van der Waals surface area contributed by atoms with Crippen LogP contribution in [0.5, 0.6) is 5.75 Å². The Morgan fingerprint density at radius 2 is 1.92 bits per heavy atom. The standard InChI is InChI=1S/C20H31N3O3/c1-25-19-5-3-2-4-18(19)6-9-21-20(24)23-10-7-17(8-11-23)16-22-12-14-26-15-13-22/h2-5,17H,6-16H2,1H3,(H,21,24). The third-order valence-electron chi connectivity index (χ3n) is 5.38. The third-order valence-corrected chi connectivity index (χ3v) is 5.38. The molecule has 2 fully saturated rings. The summed E-state index contributed by atoms with van der Waals surface area (Å²) < 4.78 is 10.8. The molecule has 2 aliphatic heterocycles. The number of nitrogens with zero attached hydrogens (tertiary/aromatic N) is 2. The maximum Gasteiger partial charge on any atom is 0.317 e. The fraction of sp³-hybridized carbons (Fsp3) is 0.650. The number of carbonyl (C=O) groups is 1. The van der Waals surface area contributed by atoms with Crippen molar-refractivity contribution in [2.24, 2.45) is 5.92 Å². The number of likely N-dealkylation sites (tertiary alicyclic amines) is 1. The van der Waals surface area contributed by atoms with E-state index >= 15 is 0 Å². The number of para-hydroxylation sites is 1. The maximum atomic E-state index is 12.4. The van der Waals surface area contributed by atoms with Gasteiger partial charge in [0.1, 0.15) is 5.75 Å². The molecule has 1 aromatic rings. The molecule has 0 aromatic heterocycles. The number of rotatable bonds is 6. The van der Waals surface area contributed by atoms with Crippen molar-refractivity contribution in [3.05, 3.63) is 29.8 Å². The molecule has 2 aliphatic rings. The minimum absolute atomic E-state index is 0.0599. The van der Waals surface area contributed by atoms with E-state index in [1.807, 2.05) is 29.2 Å². The van der Waals surface area contributed by atoms with Gasteiger partial charge < -0.3 is 19.7 Å². The summed E-state index contributed by atoms with van der Waals surface area (Å²) >= 11 is 0. The number of amides is 2. The van der Waals surface area contributed by atoms with E-state index in [0.717, 1.165) is 76.5 Å². The van der Waals surface area contributed by atoms with Gasteiger partial charge in [0, 0.05) is 39.3 Å². The van der Waals surface area contributed by atoms with Crippen molar-refractivity contribution in [2.75, 3.05) is 59.6 Å². The molecule has 0 spiro atoms. The summed E-state index contributed by atoms with van der Waals surface area (Å²) in [7, 11) is 1.68. The quantitative estimate of drug-likeness (QED) is 0.842. The van der Waals surface area contributed by atoms with Crippen molar-refractivity contribution in [2.45, 2.75) is 19.3 Å². The molecule has 2 saturated heterocycles. The first kappa shape index (κ1) is 19.0. The average Bonchev–Trinajstić information content (AvgIpc) is 2.69. The van der Waals surface area contributed by atoms with Crippen LogP contribution in [0.25, 0.3) is 0 Å². The normalized spacial score (nSPS) is 19.3. The zero-order valence-electron chi connectivity index (χ0n) is 15.8. The van der Waals surface area contributed by atoms with E-state index in [0.29, 0.717) is 12.5 Å². The molecule has 0 unspecified atom stereocenters. The maximum absolute atomic E-state index is 12.4. The highest BCUT2D eigenvalue weighted by Gasteiger charge is 2.24. The first-order chi connectivity index (χ1) is 12.8. The van der Waals surface area contributed by atoms with Gasteiger partial charge in [0.2, 0.25) is 0 Å². The molecule has 0 saturated carbocycles.